The zero-order valence-corrected chi connectivity index (χ0v) is 8.71. The summed E-state index contributed by atoms with van der Waals surface area (Å²) >= 11 is 1.25. The van der Waals surface area contributed by atoms with Crippen LogP contribution in [-0.4, -0.2) is 14.5 Å². The molecule has 0 amide bonds. The van der Waals surface area contributed by atoms with Gasteiger partial charge < -0.3 is 9.84 Å². The molecule has 0 fully saturated rings. The molecule has 0 saturated heterocycles. The summed E-state index contributed by atoms with van der Waals surface area (Å²) in [6, 6.07) is 2.10. The van der Waals surface area contributed by atoms with Gasteiger partial charge in [-0.15, -0.1) is 0 Å². The maximum Gasteiger partial charge on any atom is 0.213 e. The number of aryl methyl sites for hydroxylation is 1. The lowest BCUT2D eigenvalue weighted by atomic mass is 10.3. The minimum Gasteiger partial charge on any atom is -0.367 e. The Kier molecular flexibility index (Phi) is 2.60. The average molecular weight is 221 g/mol. The lowest BCUT2D eigenvalue weighted by Crippen LogP contribution is -2.00. The van der Waals surface area contributed by atoms with Crippen molar-refractivity contribution in [3.63, 3.8) is 0 Å². The van der Waals surface area contributed by atoms with Gasteiger partial charge in [0.15, 0.2) is 5.82 Å². The Morgan fingerprint density at radius 3 is 3.20 bits per heavy atom. The van der Waals surface area contributed by atoms with E-state index in [-0.39, 0.29) is 0 Å². The molecule has 76 valence electrons. The van der Waals surface area contributed by atoms with E-state index >= 15 is 0 Å². The van der Waals surface area contributed by atoms with Crippen LogP contribution in [-0.2, 0) is 6.54 Å². The van der Waals surface area contributed by atoms with E-state index in [0.717, 1.165) is 10.7 Å². The zero-order valence-electron chi connectivity index (χ0n) is 7.89. The molecule has 0 spiro atoms. The topological polar surface area (TPSA) is 87.6 Å². The summed E-state index contributed by atoms with van der Waals surface area (Å²) in [7, 11) is 0. The highest BCUT2D eigenvalue weighted by Crippen LogP contribution is 2.23. The molecular weight excluding hydrogens is 214 g/mol. The van der Waals surface area contributed by atoms with Crippen molar-refractivity contribution in [1.82, 2.24) is 14.5 Å². The van der Waals surface area contributed by atoms with Crippen molar-refractivity contribution < 1.29 is 4.52 Å². The first-order chi connectivity index (χ1) is 7.31. The van der Waals surface area contributed by atoms with Crippen molar-refractivity contribution in [2.45, 2.75) is 13.5 Å². The Labute approximate surface area is 89.7 Å². The number of hydrogen-bond acceptors (Lipinski definition) is 7. The Balaban J connectivity index is 2.09. The van der Waals surface area contributed by atoms with Crippen molar-refractivity contribution in [1.29, 1.82) is 5.26 Å². The lowest BCUT2D eigenvalue weighted by molar-refractivity contribution is 0.411. The molecule has 0 aliphatic rings. The smallest absolute Gasteiger partial charge is 0.213 e. The quantitative estimate of drug-likeness (QED) is 0.840. The van der Waals surface area contributed by atoms with E-state index in [0.29, 0.717) is 17.9 Å². The molecule has 2 aromatic heterocycles. The number of nitriles is 1. The second kappa shape index (κ2) is 4.06. The number of anilines is 1. The predicted molar refractivity (Wildman–Crippen MR) is 53.2 cm³/mol. The third-order valence-corrected chi connectivity index (χ3v) is 2.68. The van der Waals surface area contributed by atoms with Gasteiger partial charge in [0.2, 0.25) is 6.39 Å². The molecule has 1 N–H and O–H groups in total. The van der Waals surface area contributed by atoms with E-state index in [1.165, 1.54) is 17.9 Å². The van der Waals surface area contributed by atoms with Gasteiger partial charge in [-0.2, -0.15) is 14.6 Å². The highest BCUT2D eigenvalue weighted by atomic mass is 32.1. The number of nitrogens with zero attached hydrogens (tertiary/aromatic N) is 4. The van der Waals surface area contributed by atoms with Gasteiger partial charge in [0, 0.05) is 0 Å². The minimum absolute atomic E-state index is 0.423. The average Bonchev–Trinajstić information content (AvgIpc) is 2.84. The zero-order chi connectivity index (χ0) is 10.7. The van der Waals surface area contributed by atoms with Crippen LogP contribution in [0.5, 0.6) is 0 Å². The molecule has 0 aromatic carbocycles. The van der Waals surface area contributed by atoms with Gasteiger partial charge in [-0.25, -0.2) is 0 Å². The number of rotatable bonds is 3. The summed E-state index contributed by atoms with van der Waals surface area (Å²) in [6.07, 6.45) is 1.26. The standard InChI is InChI=1S/C8H7N5OS/c1-5-6(2-9)8(15-13-5)10-3-7-11-4-14-12-7/h4,10H,3H2,1H3. The molecule has 2 aromatic rings. The molecule has 0 saturated carbocycles. The Bertz CT molecular complexity index is 484. The van der Waals surface area contributed by atoms with Gasteiger partial charge in [-0.1, -0.05) is 5.16 Å². The van der Waals surface area contributed by atoms with Gasteiger partial charge in [-0.3, -0.25) is 0 Å². The first-order valence-corrected chi connectivity index (χ1v) is 4.94. The molecule has 0 aliphatic heterocycles. The third kappa shape index (κ3) is 1.94. The first kappa shape index (κ1) is 9.61. The Morgan fingerprint density at radius 1 is 1.67 bits per heavy atom. The summed E-state index contributed by atoms with van der Waals surface area (Å²) in [5.74, 6) is 0.546. The van der Waals surface area contributed by atoms with Crippen LogP contribution in [0.15, 0.2) is 10.9 Å². The molecule has 0 atom stereocenters. The molecule has 2 rings (SSSR count). The molecular formula is C8H7N5OS. The SMILES string of the molecule is Cc1nsc(NCc2ncon2)c1C#N. The molecule has 0 radical (unpaired) electrons. The van der Waals surface area contributed by atoms with E-state index in [2.05, 4.69) is 30.4 Å². The van der Waals surface area contributed by atoms with E-state index in [9.17, 15) is 0 Å². The van der Waals surface area contributed by atoms with Crippen molar-refractivity contribution in [3.8, 4) is 6.07 Å². The van der Waals surface area contributed by atoms with E-state index in [1.807, 2.05) is 0 Å². The number of aromatic nitrogens is 3. The summed E-state index contributed by atoms with van der Waals surface area (Å²) in [5.41, 5.74) is 1.31. The van der Waals surface area contributed by atoms with Crippen molar-refractivity contribution in [2.75, 3.05) is 5.32 Å². The highest BCUT2D eigenvalue weighted by molar-refractivity contribution is 7.10. The molecule has 7 heteroatoms. The van der Waals surface area contributed by atoms with Crippen LogP contribution in [0.25, 0.3) is 0 Å². The monoisotopic (exact) mass is 221 g/mol. The highest BCUT2D eigenvalue weighted by Gasteiger charge is 2.10. The fourth-order valence-corrected chi connectivity index (χ4v) is 1.79. The van der Waals surface area contributed by atoms with E-state index < -0.39 is 0 Å². The van der Waals surface area contributed by atoms with Gasteiger partial charge in [-0.05, 0) is 18.5 Å². The van der Waals surface area contributed by atoms with Crippen LogP contribution in [0.2, 0.25) is 0 Å². The van der Waals surface area contributed by atoms with Crippen molar-refractivity contribution in [2.24, 2.45) is 0 Å². The fraction of sp³-hybridized carbons (Fsp3) is 0.250. The Hall–Kier alpha value is -1.94. The molecule has 0 bridgehead atoms. The summed E-state index contributed by atoms with van der Waals surface area (Å²) in [4.78, 5) is 3.85. The Morgan fingerprint density at radius 2 is 2.53 bits per heavy atom. The minimum atomic E-state index is 0.423. The van der Waals surface area contributed by atoms with Gasteiger partial charge in [0.25, 0.3) is 0 Å². The predicted octanol–water partition coefficient (Wildman–Crippen LogP) is 1.32. The third-order valence-electron chi connectivity index (χ3n) is 1.79. The molecule has 0 aliphatic carbocycles. The summed E-state index contributed by atoms with van der Waals surface area (Å²) < 4.78 is 8.67. The largest absolute Gasteiger partial charge is 0.367 e. The normalized spacial score (nSPS) is 9.87. The van der Waals surface area contributed by atoms with Crippen molar-refractivity contribution >= 4 is 16.5 Å². The van der Waals surface area contributed by atoms with Gasteiger partial charge in [0.05, 0.1) is 12.2 Å². The molecule has 15 heavy (non-hydrogen) atoms. The molecule has 2 heterocycles. The van der Waals surface area contributed by atoms with Gasteiger partial charge in [0.1, 0.15) is 16.6 Å². The fourth-order valence-electron chi connectivity index (χ4n) is 1.05. The van der Waals surface area contributed by atoms with Crippen LogP contribution in [0.3, 0.4) is 0 Å². The van der Waals surface area contributed by atoms with E-state index in [4.69, 9.17) is 5.26 Å². The lowest BCUT2D eigenvalue weighted by Gasteiger charge is -1.98. The second-order valence-corrected chi connectivity index (χ2v) is 3.56. The summed E-state index contributed by atoms with van der Waals surface area (Å²) in [6.45, 7) is 2.22. The molecule has 0 unspecified atom stereocenters. The molecule has 6 nitrogen and oxygen atoms in total. The van der Waals surface area contributed by atoms with Crippen LogP contribution in [0.4, 0.5) is 5.00 Å². The first-order valence-electron chi connectivity index (χ1n) is 4.16. The number of nitrogens with one attached hydrogen (secondary N) is 1. The van der Waals surface area contributed by atoms with Gasteiger partial charge >= 0.3 is 0 Å². The maximum atomic E-state index is 8.87. The van der Waals surface area contributed by atoms with E-state index in [1.54, 1.807) is 6.92 Å². The summed E-state index contributed by atoms with van der Waals surface area (Å²) in [5, 5.41) is 16.3. The number of hydrogen-bond donors (Lipinski definition) is 1. The van der Waals surface area contributed by atoms with Crippen LogP contribution in [0, 0.1) is 18.3 Å². The van der Waals surface area contributed by atoms with Crippen LogP contribution >= 0.6 is 11.5 Å². The van der Waals surface area contributed by atoms with Crippen molar-refractivity contribution in [3.05, 3.63) is 23.5 Å². The van der Waals surface area contributed by atoms with Crippen LogP contribution in [0.1, 0.15) is 17.1 Å². The second-order valence-electron chi connectivity index (χ2n) is 2.78. The maximum absolute atomic E-state index is 8.87. The van der Waals surface area contributed by atoms with Crippen LogP contribution < -0.4 is 5.32 Å².